The van der Waals surface area contributed by atoms with E-state index in [4.69, 9.17) is 0 Å². The number of nitrogens with zero attached hydrogens (tertiary/aromatic N) is 3. The van der Waals surface area contributed by atoms with Gasteiger partial charge in [0.25, 0.3) is 0 Å². The number of aromatic nitrogens is 3. The largest absolute Gasteiger partial charge is 0.370 e. The molecule has 3 rings (SSSR count). The number of nitrogens with one attached hydrogen (secondary N) is 1. The van der Waals surface area contributed by atoms with E-state index in [1.54, 1.807) is 0 Å². The summed E-state index contributed by atoms with van der Waals surface area (Å²) < 4.78 is 23.1. The lowest BCUT2D eigenvalue weighted by Crippen LogP contribution is -2.39. The lowest BCUT2D eigenvalue weighted by molar-refractivity contribution is 0.534. The highest BCUT2D eigenvalue weighted by molar-refractivity contribution is 7.91. The molecule has 0 radical (unpaired) electrons. The maximum Gasteiger partial charge on any atom is 0.150 e. The first-order valence-corrected chi connectivity index (χ1v) is 8.25. The fourth-order valence-corrected chi connectivity index (χ4v) is 3.70. The minimum absolute atomic E-state index is 0.208. The van der Waals surface area contributed by atoms with Crippen molar-refractivity contribution in [3.63, 3.8) is 0 Å². The molecule has 0 bridgehead atoms. The molecular weight excluding hydrogens is 264 g/mol. The molecule has 7 heteroatoms. The van der Waals surface area contributed by atoms with E-state index in [0.29, 0.717) is 12.8 Å². The Labute approximate surface area is 111 Å². The number of piperidine rings is 1. The zero-order valence-electron chi connectivity index (χ0n) is 10.7. The minimum Gasteiger partial charge on any atom is -0.370 e. The SMILES string of the molecule is CS(=O)(=O)C1CCN(c2cccc3[nH]nnc23)CC1. The molecule has 1 N–H and O–H groups in total. The summed E-state index contributed by atoms with van der Waals surface area (Å²) in [4.78, 5) is 2.19. The van der Waals surface area contributed by atoms with Crippen LogP contribution in [0.5, 0.6) is 0 Å². The van der Waals surface area contributed by atoms with Gasteiger partial charge in [0, 0.05) is 19.3 Å². The van der Waals surface area contributed by atoms with E-state index in [0.717, 1.165) is 29.8 Å². The molecule has 1 fully saturated rings. The maximum absolute atomic E-state index is 11.6. The molecule has 19 heavy (non-hydrogen) atoms. The summed E-state index contributed by atoms with van der Waals surface area (Å²) in [6, 6.07) is 5.90. The van der Waals surface area contributed by atoms with E-state index in [2.05, 4.69) is 20.3 Å². The molecule has 102 valence electrons. The number of hydrogen-bond donors (Lipinski definition) is 1. The summed E-state index contributed by atoms with van der Waals surface area (Å²) in [6.45, 7) is 1.48. The van der Waals surface area contributed by atoms with Gasteiger partial charge in [-0.25, -0.2) is 8.42 Å². The molecule has 0 aliphatic carbocycles. The van der Waals surface area contributed by atoms with Gasteiger partial charge in [-0.05, 0) is 25.0 Å². The van der Waals surface area contributed by atoms with Crippen molar-refractivity contribution in [3.05, 3.63) is 18.2 Å². The summed E-state index contributed by atoms with van der Waals surface area (Å²) in [6.07, 6.45) is 2.67. The topological polar surface area (TPSA) is 79.0 Å². The van der Waals surface area contributed by atoms with Crippen LogP contribution in [0.25, 0.3) is 11.0 Å². The predicted molar refractivity (Wildman–Crippen MR) is 74.0 cm³/mol. The first-order chi connectivity index (χ1) is 9.05. The number of anilines is 1. The zero-order chi connectivity index (χ0) is 13.5. The third-order valence-corrected chi connectivity index (χ3v) is 5.41. The monoisotopic (exact) mass is 280 g/mol. The Bertz CT molecular complexity index is 687. The Hall–Kier alpha value is -1.63. The van der Waals surface area contributed by atoms with Gasteiger partial charge in [0.2, 0.25) is 0 Å². The molecule has 1 aromatic carbocycles. The molecule has 1 aliphatic heterocycles. The summed E-state index contributed by atoms with van der Waals surface area (Å²) in [5.41, 5.74) is 2.78. The van der Waals surface area contributed by atoms with Crippen LogP contribution < -0.4 is 4.90 Å². The van der Waals surface area contributed by atoms with Crippen LogP contribution in [0.2, 0.25) is 0 Å². The van der Waals surface area contributed by atoms with E-state index in [-0.39, 0.29) is 5.25 Å². The molecule has 2 aromatic rings. The number of rotatable bonds is 2. The molecule has 1 saturated heterocycles. The third-order valence-electron chi connectivity index (χ3n) is 3.72. The first kappa shape index (κ1) is 12.4. The second-order valence-corrected chi connectivity index (χ2v) is 7.33. The maximum atomic E-state index is 11.6. The number of fused-ring (bicyclic) bond motifs is 1. The van der Waals surface area contributed by atoms with Gasteiger partial charge in [0.1, 0.15) is 15.4 Å². The molecule has 0 unspecified atom stereocenters. The highest BCUT2D eigenvalue weighted by Gasteiger charge is 2.27. The summed E-state index contributed by atoms with van der Waals surface area (Å²) in [7, 11) is -2.92. The number of aromatic amines is 1. The second-order valence-electron chi connectivity index (χ2n) is 5.00. The number of sulfone groups is 1. The van der Waals surface area contributed by atoms with Gasteiger partial charge in [0.05, 0.1) is 16.5 Å². The van der Waals surface area contributed by atoms with Gasteiger partial charge in [-0.3, -0.25) is 5.10 Å². The van der Waals surface area contributed by atoms with Crippen molar-refractivity contribution in [1.29, 1.82) is 0 Å². The Morgan fingerprint density at radius 1 is 1.32 bits per heavy atom. The van der Waals surface area contributed by atoms with Gasteiger partial charge in [-0.2, -0.15) is 0 Å². The van der Waals surface area contributed by atoms with Gasteiger partial charge < -0.3 is 4.90 Å². The van der Waals surface area contributed by atoms with E-state index >= 15 is 0 Å². The van der Waals surface area contributed by atoms with Crippen LogP contribution >= 0.6 is 0 Å². The minimum atomic E-state index is -2.92. The van der Waals surface area contributed by atoms with Crippen molar-refractivity contribution in [3.8, 4) is 0 Å². The first-order valence-electron chi connectivity index (χ1n) is 6.29. The molecule has 0 atom stereocenters. The molecule has 0 amide bonds. The lowest BCUT2D eigenvalue weighted by atomic mass is 10.1. The van der Waals surface area contributed by atoms with E-state index in [1.165, 1.54) is 6.26 Å². The fourth-order valence-electron chi connectivity index (χ4n) is 2.64. The summed E-state index contributed by atoms with van der Waals surface area (Å²) in [5, 5.41) is 10.5. The molecule has 6 nitrogen and oxygen atoms in total. The third kappa shape index (κ3) is 2.30. The second kappa shape index (κ2) is 4.48. The van der Waals surface area contributed by atoms with Crippen molar-refractivity contribution in [2.45, 2.75) is 18.1 Å². The van der Waals surface area contributed by atoms with Crippen molar-refractivity contribution >= 4 is 26.6 Å². The van der Waals surface area contributed by atoms with Gasteiger partial charge >= 0.3 is 0 Å². The molecule has 1 aromatic heterocycles. The fraction of sp³-hybridized carbons (Fsp3) is 0.500. The van der Waals surface area contributed by atoms with Gasteiger partial charge in [-0.1, -0.05) is 11.3 Å². The van der Waals surface area contributed by atoms with Crippen molar-refractivity contribution < 1.29 is 8.42 Å². The van der Waals surface area contributed by atoms with Gasteiger partial charge in [0.15, 0.2) is 0 Å². The van der Waals surface area contributed by atoms with Crippen LogP contribution in [0.3, 0.4) is 0 Å². The standard InChI is InChI=1S/C12H16N4O2S/c1-19(17,18)9-5-7-16(8-6-9)11-4-2-3-10-12(11)14-15-13-10/h2-4,9H,5-8H2,1H3,(H,13,14,15). The van der Waals surface area contributed by atoms with Crippen LogP contribution in [-0.2, 0) is 9.84 Å². The molecular formula is C12H16N4O2S. The van der Waals surface area contributed by atoms with Crippen LogP contribution in [0.15, 0.2) is 18.2 Å². The van der Waals surface area contributed by atoms with Crippen LogP contribution in [0.1, 0.15) is 12.8 Å². The smallest absolute Gasteiger partial charge is 0.150 e. The Kier molecular flexibility index (Phi) is 2.93. The quantitative estimate of drug-likeness (QED) is 0.887. The van der Waals surface area contributed by atoms with Crippen molar-refractivity contribution in [2.24, 2.45) is 0 Å². The van der Waals surface area contributed by atoms with Crippen molar-refractivity contribution in [2.75, 3.05) is 24.2 Å². The van der Waals surface area contributed by atoms with Crippen molar-refractivity contribution in [1.82, 2.24) is 15.4 Å². The normalized spacial score (nSPS) is 18.1. The molecule has 1 aliphatic rings. The Morgan fingerprint density at radius 3 is 2.74 bits per heavy atom. The van der Waals surface area contributed by atoms with E-state index in [9.17, 15) is 8.42 Å². The van der Waals surface area contributed by atoms with Crippen LogP contribution in [-0.4, -0.2) is 48.4 Å². The van der Waals surface area contributed by atoms with E-state index < -0.39 is 9.84 Å². The predicted octanol–water partition coefficient (Wildman–Crippen LogP) is 0.971. The Balaban J connectivity index is 1.84. The molecule has 0 spiro atoms. The average Bonchev–Trinajstić information content (AvgIpc) is 2.86. The average molecular weight is 280 g/mol. The zero-order valence-corrected chi connectivity index (χ0v) is 11.5. The highest BCUT2D eigenvalue weighted by Crippen LogP contribution is 2.27. The molecule has 0 saturated carbocycles. The summed E-state index contributed by atoms with van der Waals surface area (Å²) in [5.74, 6) is 0. The molecule has 2 heterocycles. The number of benzene rings is 1. The van der Waals surface area contributed by atoms with Crippen LogP contribution in [0.4, 0.5) is 5.69 Å². The summed E-state index contributed by atoms with van der Waals surface area (Å²) >= 11 is 0. The number of H-pyrrole nitrogens is 1. The highest BCUT2D eigenvalue weighted by atomic mass is 32.2. The lowest BCUT2D eigenvalue weighted by Gasteiger charge is -2.32. The Morgan fingerprint density at radius 2 is 2.05 bits per heavy atom. The van der Waals surface area contributed by atoms with Gasteiger partial charge in [-0.15, -0.1) is 5.10 Å². The number of hydrogen-bond acceptors (Lipinski definition) is 5. The van der Waals surface area contributed by atoms with Crippen LogP contribution in [0, 0.1) is 0 Å². The van der Waals surface area contributed by atoms with E-state index in [1.807, 2.05) is 18.2 Å².